The summed E-state index contributed by atoms with van der Waals surface area (Å²) in [7, 11) is 0. The van der Waals surface area contributed by atoms with E-state index in [-0.39, 0.29) is 6.04 Å². The third kappa shape index (κ3) is 3.74. The predicted octanol–water partition coefficient (Wildman–Crippen LogP) is 2.32. The first-order chi connectivity index (χ1) is 11.1. The number of aryl methyl sites for hydroxylation is 1. The molecule has 1 saturated carbocycles. The lowest BCUT2D eigenvalue weighted by Gasteiger charge is -2.39. The zero-order chi connectivity index (χ0) is 16.4. The number of piperidine rings is 1. The standard InChI is InChI=1S/C17H28N4O2/c1-4-12-10-21(17(22)13-6-7-13)9-8-14(12)18-11(3)16-19-15(5-2)20-23-16/h11-14,18H,4-10H2,1-3H3/t11-,12-,14-/m0/s1. The van der Waals surface area contributed by atoms with Gasteiger partial charge >= 0.3 is 0 Å². The van der Waals surface area contributed by atoms with Gasteiger partial charge in [0, 0.05) is 31.5 Å². The van der Waals surface area contributed by atoms with Gasteiger partial charge < -0.3 is 14.7 Å². The Morgan fingerprint density at radius 2 is 2.17 bits per heavy atom. The summed E-state index contributed by atoms with van der Waals surface area (Å²) in [5, 5.41) is 7.61. The van der Waals surface area contributed by atoms with Gasteiger partial charge in [0.2, 0.25) is 11.8 Å². The van der Waals surface area contributed by atoms with Crippen LogP contribution in [0.25, 0.3) is 0 Å². The van der Waals surface area contributed by atoms with Crippen LogP contribution in [0.1, 0.15) is 64.2 Å². The Balaban J connectivity index is 1.57. The number of rotatable bonds is 6. The van der Waals surface area contributed by atoms with Crippen LogP contribution in [0.15, 0.2) is 4.52 Å². The molecule has 1 amide bonds. The summed E-state index contributed by atoms with van der Waals surface area (Å²) in [5.74, 6) is 2.60. The van der Waals surface area contributed by atoms with E-state index in [2.05, 4.69) is 34.2 Å². The van der Waals surface area contributed by atoms with Crippen LogP contribution in [0, 0.1) is 11.8 Å². The molecule has 1 aromatic heterocycles. The van der Waals surface area contributed by atoms with Crippen molar-refractivity contribution < 1.29 is 9.32 Å². The summed E-state index contributed by atoms with van der Waals surface area (Å²) in [6.07, 6.45) is 5.03. The van der Waals surface area contributed by atoms with E-state index in [0.717, 1.165) is 51.0 Å². The zero-order valence-electron chi connectivity index (χ0n) is 14.4. The minimum atomic E-state index is 0.0486. The molecule has 3 atom stereocenters. The lowest BCUT2D eigenvalue weighted by Crippen LogP contribution is -2.51. The van der Waals surface area contributed by atoms with Crippen molar-refractivity contribution in [2.24, 2.45) is 11.8 Å². The van der Waals surface area contributed by atoms with Crippen LogP contribution < -0.4 is 5.32 Å². The summed E-state index contributed by atoms with van der Waals surface area (Å²) in [6, 6.07) is 0.447. The molecule has 0 bridgehead atoms. The molecule has 2 fully saturated rings. The van der Waals surface area contributed by atoms with Gasteiger partial charge in [-0.05, 0) is 32.1 Å². The molecule has 1 N–H and O–H groups in total. The van der Waals surface area contributed by atoms with Gasteiger partial charge in [-0.15, -0.1) is 0 Å². The number of amides is 1. The maximum absolute atomic E-state index is 12.3. The first kappa shape index (κ1) is 16.4. The van der Waals surface area contributed by atoms with Gasteiger partial charge in [-0.1, -0.05) is 25.4 Å². The van der Waals surface area contributed by atoms with Crippen LogP contribution in [0.2, 0.25) is 0 Å². The van der Waals surface area contributed by atoms with Crippen LogP contribution in [0.5, 0.6) is 0 Å². The Morgan fingerprint density at radius 3 is 2.78 bits per heavy atom. The van der Waals surface area contributed by atoms with Crippen molar-refractivity contribution >= 4 is 5.91 Å². The Bertz CT molecular complexity index is 540. The largest absolute Gasteiger partial charge is 0.342 e. The molecular formula is C17H28N4O2. The number of nitrogens with one attached hydrogen (secondary N) is 1. The summed E-state index contributed by atoms with van der Waals surface area (Å²) in [6.45, 7) is 8.03. The maximum atomic E-state index is 12.3. The lowest BCUT2D eigenvalue weighted by molar-refractivity contribution is -0.134. The molecule has 1 aliphatic carbocycles. The third-order valence-electron chi connectivity index (χ3n) is 5.13. The third-order valence-corrected chi connectivity index (χ3v) is 5.13. The van der Waals surface area contributed by atoms with Crippen molar-refractivity contribution in [3.8, 4) is 0 Å². The van der Waals surface area contributed by atoms with Crippen LogP contribution >= 0.6 is 0 Å². The van der Waals surface area contributed by atoms with Crippen molar-refractivity contribution in [3.63, 3.8) is 0 Å². The highest BCUT2D eigenvalue weighted by molar-refractivity contribution is 5.81. The van der Waals surface area contributed by atoms with Crippen LogP contribution in [-0.4, -0.2) is 40.1 Å². The number of aromatic nitrogens is 2. The van der Waals surface area contributed by atoms with Gasteiger partial charge in [-0.25, -0.2) is 0 Å². The summed E-state index contributed by atoms with van der Waals surface area (Å²) in [4.78, 5) is 18.8. The molecule has 1 aliphatic heterocycles. The molecule has 0 aromatic carbocycles. The van der Waals surface area contributed by atoms with E-state index in [1.165, 1.54) is 0 Å². The van der Waals surface area contributed by atoms with Crippen LogP contribution in [0.4, 0.5) is 0 Å². The first-order valence-corrected chi connectivity index (χ1v) is 8.99. The minimum Gasteiger partial charge on any atom is -0.342 e. The SMILES string of the molecule is CCc1noc([C@H](C)N[C@H]2CCN(C(=O)C3CC3)C[C@@H]2CC)n1. The summed E-state index contributed by atoms with van der Waals surface area (Å²) in [5.41, 5.74) is 0. The van der Waals surface area contributed by atoms with Gasteiger partial charge in [-0.2, -0.15) is 4.98 Å². The molecule has 23 heavy (non-hydrogen) atoms. The van der Waals surface area contributed by atoms with Crippen molar-refractivity contribution in [3.05, 3.63) is 11.7 Å². The highest BCUT2D eigenvalue weighted by atomic mass is 16.5. The molecule has 6 heteroatoms. The highest BCUT2D eigenvalue weighted by Gasteiger charge is 2.38. The summed E-state index contributed by atoms with van der Waals surface area (Å²) < 4.78 is 5.34. The predicted molar refractivity (Wildman–Crippen MR) is 86.7 cm³/mol. The Kier molecular flexibility index (Phi) is 4.99. The van der Waals surface area contributed by atoms with E-state index in [1.54, 1.807) is 0 Å². The molecule has 6 nitrogen and oxygen atoms in total. The van der Waals surface area contributed by atoms with E-state index in [0.29, 0.717) is 29.7 Å². The summed E-state index contributed by atoms with van der Waals surface area (Å²) >= 11 is 0. The smallest absolute Gasteiger partial charge is 0.243 e. The number of likely N-dealkylation sites (tertiary alicyclic amines) is 1. The average Bonchev–Trinajstić information content (AvgIpc) is 3.31. The van der Waals surface area contributed by atoms with E-state index < -0.39 is 0 Å². The van der Waals surface area contributed by atoms with E-state index in [4.69, 9.17) is 4.52 Å². The maximum Gasteiger partial charge on any atom is 0.243 e. The van der Waals surface area contributed by atoms with Crippen molar-refractivity contribution in [1.29, 1.82) is 0 Å². The number of nitrogens with zero attached hydrogens (tertiary/aromatic N) is 3. The Labute approximate surface area is 138 Å². The van der Waals surface area contributed by atoms with E-state index in [9.17, 15) is 4.79 Å². The van der Waals surface area contributed by atoms with Gasteiger partial charge in [0.05, 0.1) is 6.04 Å². The molecule has 1 saturated heterocycles. The molecule has 0 spiro atoms. The number of carbonyl (C=O) groups is 1. The zero-order valence-corrected chi connectivity index (χ0v) is 14.4. The number of hydrogen-bond acceptors (Lipinski definition) is 5. The van der Waals surface area contributed by atoms with Crippen LogP contribution in [0.3, 0.4) is 0 Å². The number of carbonyl (C=O) groups excluding carboxylic acids is 1. The van der Waals surface area contributed by atoms with Gasteiger partial charge in [-0.3, -0.25) is 4.79 Å². The molecule has 2 heterocycles. The molecule has 128 valence electrons. The second-order valence-electron chi connectivity index (χ2n) is 6.91. The number of hydrogen-bond donors (Lipinski definition) is 1. The monoisotopic (exact) mass is 320 g/mol. The lowest BCUT2D eigenvalue weighted by atomic mass is 9.89. The van der Waals surface area contributed by atoms with Gasteiger partial charge in [0.15, 0.2) is 5.82 Å². The Hall–Kier alpha value is -1.43. The molecule has 3 rings (SSSR count). The van der Waals surface area contributed by atoms with Crippen molar-refractivity contribution in [1.82, 2.24) is 20.4 Å². The minimum absolute atomic E-state index is 0.0486. The second-order valence-corrected chi connectivity index (χ2v) is 6.91. The fourth-order valence-corrected chi connectivity index (χ4v) is 3.43. The van der Waals surface area contributed by atoms with Crippen molar-refractivity contribution in [2.75, 3.05) is 13.1 Å². The molecule has 1 aromatic rings. The van der Waals surface area contributed by atoms with Gasteiger partial charge in [0.25, 0.3) is 0 Å². The molecule has 2 aliphatic rings. The van der Waals surface area contributed by atoms with Gasteiger partial charge in [0.1, 0.15) is 0 Å². The van der Waals surface area contributed by atoms with E-state index >= 15 is 0 Å². The molecule has 0 unspecified atom stereocenters. The fourth-order valence-electron chi connectivity index (χ4n) is 3.43. The van der Waals surface area contributed by atoms with Crippen molar-refractivity contribution in [2.45, 2.75) is 65.0 Å². The average molecular weight is 320 g/mol. The normalized spacial score (nSPS) is 26.3. The van der Waals surface area contributed by atoms with Crippen LogP contribution in [-0.2, 0) is 11.2 Å². The quantitative estimate of drug-likeness (QED) is 0.871. The Morgan fingerprint density at radius 1 is 1.39 bits per heavy atom. The second kappa shape index (κ2) is 6.99. The van der Waals surface area contributed by atoms with E-state index in [1.807, 2.05) is 6.92 Å². The molecule has 0 radical (unpaired) electrons. The molecular weight excluding hydrogens is 292 g/mol. The first-order valence-electron chi connectivity index (χ1n) is 8.99. The topological polar surface area (TPSA) is 71.3 Å². The highest BCUT2D eigenvalue weighted by Crippen LogP contribution is 2.33. The fraction of sp³-hybridized carbons (Fsp3) is 0.824.